The van der Waals surface area contributed by atoms with Crippen LogP contribution >= 0.6 is 31.9 Å². The summed E-state index contributed by atoms with van der Waals surface area (Å²) in [6.07, 6.45) is 0. The Morgan fingerprint density at radius 3 is 2.39 bits per heavy atom. The molecule has 0 bridgehead atoms. The molecule has 2 aromatic rings. The Bertz CT molecular complexity index is 541. The van der Waals surface area contributed by atoms with Crippen LogP contribution in [0.25, 0.3) is 0 Å². The zero-order chi connectivity index (χ0) is 13.1. The van der Waals surface area contributed by atoms with Crippen molar-refractivity contribution in [3.05, 3.63) is 62.0 Å². The van der Waals surface area contributed by atoms with E-state index in [0.29, 0.717) is 0 Å². The van der Waals surface area contributed by atoms with Crippen LogP contribution < -0.4 is 5.32 Å². The molecule has 3 heteroatoms. The lowest BCUT2D eigenvalue weighted by atomic mass is 10.1. The Hall–Kier alpha value is -0.800. The fourth-order valence-corrected chi connectivity index (χ4v) is 3.20. The van der Waals surface area contributed by atoms with Crippen LogP contribution in [0.15, 0.2) is 45.3 Å². The van der Waals surface area contributed by atoms with Gasteiger partial charge in [-0.1, -0.05) is 40.2 Å². The zero-order valence-corrected chi connectivity index (χ0v) is 13.6. The second-order valence-corrected chi connectivity index (χ2v) is 6.09. The molecule has 0 amide bonds. The van der Waals surface area contributed by atoms with Gasteiger partial charge in [-0.05, 0) is 58.6 Å². The molecule has 0 aliphatic rings. The molecule has 0 aliphatic heterocycles. The summed E-state index contributed by atoms with van der Waals surface area (Å²) in [4.78, 5) is 0. The van der Waals surface area contributed by atoms with E-state index in [2.05, 4.69) is 81.4 Å². The van der Waals surface area contributed by atoms with Gasteiger partial charge in [-0.25, -0.2) is 0 Å². The van der Waals surface area contributed by atoms with Gasteiger partial charge < -0.3 is 5.32 Å². The first-order valence-electron chi connectivity index (χ1n) is 5.82. The summed E-state index contributed by atoms with van der Waals surface area (Å²) in [6, 6.07) is 12.6. The van der Waals surface area contributed by atoms with Crippen LogP contribution in [0.3, 0.4) is 0 Å². The summed E-state index contributed by atoms with van der Waals surface area (Å²) in [5.74, 6) is 0. The van der Waals surface area contributed by atoms with Crippen LogP contribution in [0.4, 0.5) is 5.69 Å². The van der Waals surface area contributed by atoms with Crippen LogP contribution in [0.1, 0.15) is 16.7 Å². The van der Waals surface area contributed by atoms with Gasteiger partial charge in [0.2, 0.25) is 0 Å². The maximum absolute atomic E-state index is 3.62. The normalized spacial score (nSPS) is 10.4. The highest BCUT2D eigenvalue weighted by Gasteiger charge is 2.05. The van der Waals surface area contributed by atoms with Gasteiger partial charge in [-0.2, -0.15) is 0 Å². The van der Waals surface area contributed by atoms with Crippen molar-refractivity contribution >= 4 is 37.5 Å². The number of aryl methyl sites for hydroxylation is 2. The molecule has 0 fully saturated rings. The fraction of sp³-hybridized carbons (Fsp3) is 0.200. The number of rotatable bonds is 3. The lowest BCUT2D eigenvalue weighted by Gasteiger charge is -2.13. The van der Waals surface area contributed by atoms with Gasteiger partial charge in [-0.3, -0.25) is 0 Å². The van der Waals surface area contributed by atoms with Crippen LogP contribution in [-0.4, -0.2) is 0 Å². The minimum absolute atomic E-state index is 0.809. The SMILES string of the molecule is Cc1cc(C)c(NCc2ccccc2Br)c(Br)c1. The van der Waals surface area contributed by atoms with Gasteiger partial charge >= 0.3 is 0 Å². The van der Waals surface area contributed by atoms with Gasteiger partial charge in [0.25, 0.3) is 0 Å². The van der Waals surface area contributed by atoms with Crippen molar-refractivity contribution in [3.8, 4) is 0 Å². The molecule has 0 unspecified atom stereocenters. The quantitative estimate of drug-likeness (QED) is 0.760. The lowest BCUT2D eigenvalue weighted by molar-refractivity contribution is 1.12. The molecule has 2 rings (SSSR count). The van der Waals surface area contributed by atoms with Crippen molar-refractivity contribution in [2.75, 3.05) is 5.32 Å². The second-order valence-electron chi connectivity index (χ2n) is 4.38. The van der Waals surface area contributed by atoms with Gasteiger partial charge in [0.05, 0.1) is 5.69 Å². The van der Waals surface area contributed by atoms with Gasteiger partial charge in [-0.15, -0.1) is 0 Å². The third kappa shape index (κ3) is 3.15. The van der Waals surface area contributed by atoms with Crippen molar-refractivity contribution in [1.29, 1.82) is 0 Å². The highest BCUT2D eigenvalue weighted by molar-refractivity contribution is 9.11. The lowest BCUT2D eigenvalue weighted by Crippen LogP contribution is -2.02. The minimum atomic E-state index is 0.809. The van der Waals surface area contributed by atoms with Gasteiger partial charge in [0, 0.05) is 15.5 Å². The molecule has 0 radical (unpaired) electrons. The zero-order valence-electron chi connectivity index (χ0n) is 10.4. The van der Waals surface area contributed by atoms with E-state index in [1.807, 2.05) is 6.07 Å². The highest BCUT2D eigenvalue weighted by atomic mass is 79.9. The molecule has 0 spiro atoms. The van der Waals surface area contributed by atoms with Crippen LogP contribution in [-0.2, 0) is 6.54 Å². The molecule has 0 aliphatic carbocycles. The van der Waals surface area contributed by atoms with E-state index in [4.69, 9.17) is 0 Å². The van der Waals surface area contributed by atoms with Crippen molar-refractivity contribution in [1.82, 2.24) is 0 Å². The molecule has 0 heterocycles. The number of hydrogen-bond acceptors (Lipinski definition) is 1. The van der Waals surface area contributed by atoms with E-state index in [9.17, 15) is 0 Å². The Morgan fingerprint density at radius 1 is 1.00 bits per heavy atom. The first-order valence-corrected chi connectivity index (χ1v) is 7.40. The molecule has 0 atom stereocenters. The Morgan fingerprint density at radius 2 is 1.72 bits per heavy atom. The molecule has 18 heavy (non-hydrogen) atoms. The molecule has 2 aromatic carbocycles. The maximum Gasteiger partial charge on any atom is 0.0517 e. The van der Waals surface area contributed by atoms with Crippen molar-refractivity contribution < 1.29 is 0 Å². The molecule has 0 saturated carbocycles. The van der Waals surface area contributed by atoms with E-state index < -0.39 is 0 Å². The van der Waals surface area contributed by atoms with Crippen LogP contribution in [0.2, 0.25) is 0 Å². The summed E-state index contributed by atoms with van der Waals surface area (Å²) in [7, 11) is 0. The second kappa shape index (κ2) is 5.89. The molecule has 1 N–H and O–H groups in total. The third-order valence-corrected chi connectivity index (χ3v) is 4.24. The number of benzene rings is 2. The summed E-state index contributed by atoms with van der Waals surface area (Å²) < 4.78 is 2.26. The van der Waals surface area contributed by atoms with E-state index in [1.165, 1.54) is 16.7 Å². The number of nitrogens with one attached hydrogen (secondary N) is 1. The molecule has 0 aromatic heterocycles. The Labute approximate surface area is 125 Å². The average molecular weight is 369 g/mol. The largest absolute Gasteiger partial charge is 0.380 e. The predicted octanol–water partition coefficient (Wildman–Crippen LogP) is 5.44. The van der Waals surface area contributed by atoms with E-state index in [1.54, 1.807) is 0 Å². The van der Waals surface area contributed by atoms with E-state index >= 15 is 0 Å². The monoisotopic (exact) mass is 367 g/mol. The molecular formula is C15H15Br2N. The Balaban J connectivity index is 2.19. The topological polar surface area (TPSA) is 12.0 Å². The third-order valence-electron chi connectivity index (χ3n) is 2.85. The smallest absolute Gasteiger partial charge is 0.0517 e. The molecular weight excluding hydrogens is 354 g/mol. The van der Waals surface area contributed by atoms with Crippen molar-refractivity contribution in [3.63, 3.8) is 0 Å². The van der Waals surface area contributed by atoms with Gasteiger partial charge in [0.15, 0.2) is 0 Å². The maximum atomic E-state index is 3.62. The average Bonchev–Trinajstić information content (AvgIpc) is 2.30. The highest BCUT2D eigenvalue weighted by Crippen LogP contribution is 2.28. The number of halogens is 2. The van der Waals surface area contributed by atoms with Gasteiger partial charge in [0.1, 0.15) is 0 Å². The summed E-state index contributed by atoms with van der Waals surface area (Å²) in [5, 5.41) is 3.49. The fourth-order valence-electron chi connectivity index (χ4n) is 1.96. The minimum Gasteiger partial charge on any atom is -0.380 e. The van der Waals surface area contributed by atoms with E-state index in [-0.39, 0.29) is 0 Å². The number of anilines is 1. The van der Waals surface area contributed by atoms with Crippen molar-refractivity contribution in [2.24, 2.45) is 0 Å². The molecule has 94 valence electrons. The van der Waals surface area contributed by atoms with E-state index in [0.717, 1.165) is 21.2 Å². The molecule has 1 nitrogen and oxygen atoms in total. The standard InChI is InChI=1S/C15H15Br2N/c1-10-7-11(2)15(14(17)8-10)18-9-12-5-3-4-6-13(12)16/h3-8,18H,9H2,1-2H3. The van der Waals surface area contributed by atoms with Crippen LogP contribution in [0.5, 0.6) is 0 Å². The van der Waals surface area contributed by atoms with Crippen molar-refractivity contribution in [2.45, 2.75) is 20.4 Å². The first kappa shape index (κ1) is 13.6. The summed E-state index contributed by atoms with van der Waals surface area (Å²) in [6.45, 7) is 5.04. The number of hydrogen-bond donors (Lipinski definition) is 1. The first-order chi connectivity index (χ1) is 8.58. The van der Waals surface area contributed by atoms with Crippen LogP contribution in [0, 0.1) is 13.8 Å². The Kier molecular flexibility index (Phi) is 4.46. The summed E-state index contributed by atoms with van der Waals surface area (Å²) >= 11 is 7.18. The molecule has 0 saturated heterocycles. The summed E-state index contributed by atoms with van der Waals surface area (Å²) in [5.41, 5.74) is 4.94. The predicted molar refractivity (Wildman–Crippen MR) is 85.1 cm³/mol.